The number of rotatable bonds is 5. The molecule has 0 fully saturated rings. The van der Waals surface area contributed by atoms with Crippen LogP contribution in [-0.2, 0) is 4.79 Å². The Hall–Kier alpha value is -3.41. The van der Waals surface area contributed by atoms with Gasteiger partial charge in [-0.05, 0) is 42.5 Å². The monoisotopic (exact) mass is 479 g/mol. The van der Waals surface area contributed by atoms with Crippen LogP contribution < -0.4 is 10.1 Å². The molecule has 0 saturated heterocycles. The summed E-state index contributed by atoms with van der Waals surface area (Å²) in [5.41, 5.74) is 1.55. The molecule has 0 aliphatic heterocycles. The molecule has 4 aromatic rings. The molecule has 8 heteroatoms. The molecule has 6 nitrogen and oxygen atoms in total. The minimum Gasteiger partial charge on any atom is -0.497 e. The number of hydrogen-bond donors (Lipinski definition) is 1. The molecule has 2 aromatic heterocycles. The van der Waals surface area contributed by atoms with Crippen molar-refractivity contribution in [2.24, 2.45) is 0 Å². The van der Waals surface area contributed by atoms with Gasteiger partial charge in [-0.1, -0.05) is 39.4 Å². The number of furan rings is 1. The van der Waals surface area contributed by atoms with Crippen LogP contribution in [0.15, 0.2) is 69.1 Å². The Morgan fingerprint density at radius 1 is 1.23 bits per heavy atom. The Morgan fingerprint density at radius 3 is 2.77 bits per heavy atom. The number of halogens is 1. The van der Waals surface area contributed by atoms with E-state index in [2.05, 4.69) is 26.2 Å². The van der Waals surface area contributed by atoms with Gasteiger partial charge < -0.3 is 9.15 Å². The van der Waals surface area contributed by atoms with E-state index in [1.54, 1.807) is 25.3 Å². The van der Waals surface area contributed by atoms with Crippen molar-refractivity contribution in [1.29, 1.82) is 5.26 Å². The number of carbonyl (C=O) groups is 1. The first kappa shape index (κ1) is 19.9. The first-order chi connectivity index (χ1) is 14.6. The number of hydrogen-bond acceptors (Lipinski definition) is 6. The van der Waals surface area contributed by atoms with Gasteiger partial charge in [0.15, 0.2) is 5.13 Å². The number of fused-ring (bicyclic) bond motifs is 1. The van der Waals surface area contributed by atoms with E-state index in [0.717, 1.165) is 20.3 Å². The zero-order chi connectivity index (χ0) is 21.1. The molecule has 148 valence electrons. The van der Waals surface area contributed by atoms with Gasteiger partial charge in [0.2, 0.25) is 0 Å². The van der Waals surface area contributed by atoms with Crippen molar-refractivity contribution in [2.45, 2.75) is 0 Å². The van der Waals surface area contributed by atoms with Gasteiger partial charge in [-0.25, -0.2) is 4.98 Å². The van der Waals surface area contributed by atoms with Crippen LogP contribution >= 0.6 is 27.3 Å². The number of thiazole rings is 1. The van der Waals surface area contributed by atoms with Crippen LogP contribution in [0.5, 0.6) is 5.75 Å². The molecule has 0 aliphatic carbocycles. The molecule has 1 amide bonds. The van der Waals surface area contributed by atoms with Crippen molar-refractivity contribution in [3.8, 4) is 23.1 Å². The molecule has 2 aromatic carbocycles. The van der Waals surface area contributed by atoms with Gasteiger partial charge in [-0.3, -0.25) is 10.1 Å². The van der Waals surface area contributed by atoms with Crippen LogP contribution in [0.3, 0.4) is 0 Å². The third-order valence-electron chi connectivity index (χ3n) is 4.22. The molecule has 2 heterocycles. The number of anilines is 1. The minimum atomic E-state index is -0.551. The normalized spacial score (nSPS) is 11.3. The second-order valence-corrected chi connectivity index (χ2v) is 8.13. The molecular weight excluding hydrogens is 466 g/mol. The molecule has 0 bridgehead atoms. The molecule has 0 saturated carbocycles. The van der Waals surface area contributed by atoms with Gasteiger partial charge in [0, 0.05) is 16.1 Å². The fourth-order valence-corrected chi connectivity index (χ4v) is 3.89. The molecule has 30 heavy (non-hydrogen) atoms. The van der Waals surface area contributed by atoms with Gasteiger partial charge in [0.05, 0.1) is 17.3 Å². The fourth-order valence-electron chi connectivity index (χ4n) is 2.74. The van der Waals surface area contributed by atoms with Crippen molar-refractivity contribution in [2.75, 3.05) is 12.4 Å². The molecule has 0 aliphatic rings. The lowest BCUT2D eigenvalue weighted by molar-refractivity contribution is -0.112. The smallest absolute Gasteiger partial charge is 0.268 e. The van der Waals surface area contributed by atoms with Gasteiger partial charge in [-0.15, -0.1) is 0 Å². The number of benzene rings is 2. The summed E-state index contributed by atoms with van der Waals surface area (Å²) in [4.78, 5) is 16.9. The standard InChI is InChI=1S/C22H14BrN3O3S/c1-28-16-6-8-18-20(11-16)30-22(25-18)26-21(27)14(12-24)10-17-7-9-19(29-17)13-2-4-15(23)5-3-13/h2-11H,1H3,(H,25,26,27)/b14-10+. The predicted molar refractivity (Wildman–Crippen MR) is 120 cm³/mol. The minimum absolute atomic E-state index is 0.0801. The van der Waals surface area contributed by atoms with Crippen molar-refractivity contribution in [3.63, 3.8) is 0 Å². The molecule has 0 atom stereocenters. The summed E-state index contributed by atoms with van der Waals surface area (Å²) in [6.07, 6.45) is 1.41. The number of carbonyl (C=O) groups excluding carboxylic acids is 1. The first-order valence-electron chi connectivity index (χ1n) is 8.79. The van der Waals surface area contributed by atoms with Crippen molar-refractivity contribution in [1.82, 2.24) is 4.98 Å². The van der Waals surface area contributed by atoms with Crippen LogP contribution in [-0.4, -0.2) is 18.0 Å². The molecule has 0 spiro atoms. The highest BCUT2D eigenvalue weighted by atomic mass is 79.9. The van der Waals surface area contributed by atoms with E-state index in [4.69, 9.17) is 9.15 Å². The molecule has 4 rings (SSSR count). The van der Waals surface area contributed by atoms with E-state index in [1.807, 2.05) is 42.5 Å². The SMILES string of the molecule is COc1ccc2nc(NC(=O)/C(C#N)=C/c3ccc(-c4ccc(Br)cc4)o3)sc2c1. The Bertz CT molecular complexity index is 1300. The third-order valence-corrected chi connectivity index (χ3v) is 5.69. The van der Waals surface area contributed by atoms with Crippen molar-refractivity contribution < 1.29 is 13.9 Å². The largest absolute Gasteiger partial charge is 0.497 e. The highest BCUT2D eigenvalue weighted by Crippen LogP contribution is 2.30. The maximum Gasteiger partial charge on any atom is 0.268 e. The second-order valence-electron chi connectivity index (χ2n) is 6.19. The van der Waals surface area contributed by atoms with Crippen LogP contribution in [0.1, 0.15) is 5.76 Å². The van der Waals surface area contributed by atoms with Crippen LogP contribution in [0.2, 0.25) is 0 Å². The lowest BCUT2D eigenvalue weighted by Crippen LogP contribution is -2.13. The van der Waals surface area contributed by atoms with Crippen LogP contribution in [0.25, 0.3) is 27.6 Å². The predicted octanol–water partition coefficient (Wildman–Crippen LogP) is 5.87. The third kappa shape index (κ3) is 4.27. The lowest BCUT2D eigenvalue weighted by Gasteiger charge is -1.99. The van der Waals surface area contributed by atoms with Crippen molar-refractivity contribution >= 4 is 54.6 Å². The summed E-state index contributed by atoms with van der Waals surface area (Å²) >= 11 is 4.70. The second kappa shape index (κ2) is 8.53. The van der Waals surface area contributed by atoms with E-state index in [1.165, 1.54) is 17.4 Å². The summed E-state index contributed by atoms with van der Waals surface area (Å²) in [6, 6.07) is 18.5. The Balaban J connectivity index is 1.53. The maximum atomic E-state index is 12.6. The van der Waals surface area contributed by atoms with Gasteiger partial charge >= 0.3 is 0 Å². The first-order valence-corrected chi connectivity index (χ1v) is 10.4. The number of aromatic nitrogens is 1. The average molecular weight is 480 g/mol. The van der Waals surface area contributed by atoms with E-state index in [0.29, 0.717) is 22.4 Å². The topological polar surface area (TPSA) is 88.1 Å². The molecular formula is C22H14BrN3O3S. The molecule has 0 unspecified atom stereocenters. The summed E-state index contributed by atoms with van der Waals surface area (Å²) in [5, 5.41) is 12.5. The number of nitriles is 1. The van der Waals surface area contributed by atoms with Crippen LogP contribution in [0, 0.1) is 11.3 Å². The van der Waals surface area contributed by atoms with E-state index in [9.17, 15) is 10.1 Å². The highest BCUT2D eigenvalue weighted by molar-refractivity contribution is 9.10. The molecule has 0 radical (unpaired) electrons. The number of amides is 1. The van der Waals surface area contributed by atoms with Gasteiger partial charge in [0.1, 0.15) is 28.9 Å². The number of nitrogens with zero attached hydrogens (tertiary/aromatic N) is 2. The zero-order valence-electron chi connectivity index (χ0n) is 15.7. The highest BCUT2D eigenvalue weighted by Gasteiger charge is 2.14. The summed E-state index contributed by atoms with van der Waals surface area (Å²) in [6.45, 7) is 0. The summed E-state index contributed by atoms with van der Waals surface area (Å²) in [7, 11) is 1.59. The van der Waals surface area contributed by atoms with Gasteiger partial charge in [0.25, 0.3) is 5.91 Å². The Morgan fingerprint density at radius 2 is 2.03 bits per heavy atom. The average Bonchev–Trinajstić information content (AvgIpc) is 3.38. The number of methoxy groups -OCH3 is 1. The quantitative estimate of drug-likeness (QED) is 0.285. The van der Waals surface area contributed by atoms with Crippen molar-refractivity contribution in [3.05, 3.63) is 70.4 Å². The number of nitrogens with one attached hydrogen (secondary N) is 1. The Labute approximate surface area is 184 Å². The fraction of sp³-hybridized carbons (Fsp3) is 0.0455. The number of ether oxygens (including phenoxy) is 1. The van der Waals surface area contributed by atoms with Crippen LogP contribution in [0.4, 0.5) is 5.13 Å². The van der Waals surface area contributed by atoms with E-state index < -0.39 is 5.91 Å². The summed E-state index contributed by atoms with van der Waals surface area (Å²) in [5.74, 6) is 1.21. The summed E-state index contributed by atoms with van der Waals surface area (Å²) < 4.78 is 12.8. The lowest BCUT2D eigenvalue weighted by atomic mass is 10.2. The van der Waals surface area contributed by atoms with Gasteiger partial charge in [-0.2, -0.15) is 5.26 Å². The Kier molecular flexibility index (Phi) is 5.65. The van der Waals surface area contributed by atoms with E-state index in [-0.39, 0.29) is 5.57 Å². The molecule has 1 N–H and O–H groups in total. The maximum absolute atomic E-state index is 12.6. The zero-order valence-corrected chi connectivity index (χ0v) is 18.1. The van der Waals surface area contributed by atoms with E-state index >= 15 is 0 Å².